The molecular formula is C17H30N2O. The van der Waals surface area contributed by atoms with E-state index in [4.69, 9.17) is 5.10 Å². The Bertz CT molecular complexity index is 436. The molecule has 20 heavy (non-hydrogen) atoms. The molecule has 3 atom stereocenters. The van der Waals surface area contributed by atoms with Gasteiger partial charge >= 0.3 is 0 Å². The summed E-state index contributed by atoms with van der Waals surface area (Å²) in [5.41, 5.74) is 3.45. The molecule has 1 aliphatic rings. The number of nitrogens with zero attached hydrogens (tertiary/aromatic N) is 2. The fourth-order valence-electron chi connectivity index (χ4n) is 3.79. The highest BCUT2D eigenvalue weighted by Gasteiger charge is 2.27. The molecule has 3 unspecified atom stereocenters. The molecule has 1 aromatic rings. The minimum atomic E-state index is -0.404. The largest absolute Gasteiger partial charge is 0.389 e. The van der Waals surface area contributed by atoms with Crippen LogP contribution in [0.25, 0.3) is 0 Å². The fourth-order valence-corrected chi connectivity index (χ4v) is 3.79. The lowest BCUT2D eigenvalue weighted by Gasteiger charge is -2.30. The molecule has 1 aliphatic carbocycles. The molecule has 1 fully saturated rings. The van der Waals surface area contributed by atoms with Gasteiger partial charge in [-0.2, -0.15) is 5.10 Å². The molecule has 1 heterocycles. The minimum absolute atomic E-state index is 0.404. The maximum Gasteiger partial charge on any atom is 0.0798 e. The second kappa shape index (κ2) is 6.75. The fraction of sp³-hybridized carbons (Fsp3) is 0.824. The molecule has 1 N–H and O–H groups in total. The van der Waals surface area contributed by atoms with Crippen LogP contribution in [0.1, 0.15) is 88.9 Å². The van der Waals surface area contributed by atoms with E-state index in [1.54, 1.807) is 0 Å². The summed E-state index contributed by atoms with van der Waals surface area (Å²) >= 11 is 0. The summed E-state index contributed by atoms with van der Waals surface area (Å²) in [7, 11) is 0. The first-order chi connectivity index (χ1) is 9.62. The van der Waals surface area contributed by atoms with Gasteiger partial charge in [-0.3, -0.25) is 4.68 Å². The van der Waals surface area contributed by atoms with Crippen molar-refractivity contribution in [3.63, 3.8) is 0 Å². The number of aromatic nitrogens is 2. The van der Waals surface area contributed by atoms with Crippen LogP contribution < -0.4 is 0 Å². The van der Waals surface area contributed by atoms with Crippen molar-refractivity contribution in [2.45, 2.75) is 84.8 Å². The molecule has 3 heteroatoms. The summed E-state index contributed by atoms with van der Waals surface area (Å²) in [6.45, 7) is 8.48. The topological polar surface area (TPSA) is 38.0 Å². The predicted octanol–water partition coefficient (Wildman–Crippen LogP) is 4.20. The average molecular weight is 278 g/mol. The maximum atomic E-state index is 10.1. The van der Waals surface area contributed by atoms with Crippen molar-refractivity contribution in [3.8, 4) is 0 Å². The van der Waals surface area contributed by atoms with Gasteiger partial charge in [0.15, 0.2) is 0 Å². The average Bonchev–Trinajstić information content (AvgIpc) is 2.86. The Balaban J connectivity index is 2.35. The van der Waals surface area contributed by atoms with Crippen molar-refractivity contribution >= 4 is 0 Å². The van der Waals surface area contributed by atoms with Gasteiger partial charge in [0.2, 0.25) is 0 Å². The first-order valence-electron chi connectivity index (χ1n) is 8.40. The van der Waals surface area contributed by atoms with Crippen LogP contribution in [-0.4, -0.2) is 14.9 Å². The molecule has 0 aromatic carbocycles. The first-order valence-corrected chi connectivity index (χ1v) is 8.40. The number of aryl methyl sites for hydroxylation is 1. The Labute approximate surface area is 123 Å². The Morgan fingerprint density at radius 2 is 2.00 bits per heavy atom. The molecule has 114 valence electrons. The van der Waals surface area contributed by atoms with E-state index < -0.39 is 6.10 Å². The molecular weight excluding hydrogens is 248 g/mol. The van der Waals surface area contributed by atoms with Gasteiger partial charge < -0.3 is 5.11 Å². The summed E-state index contributed by atoms with van der Waals surface area (Å²) < 4.78 is 2.27. The molecule has 0 saturated heterocycles. The van der Waals surface area contributed by atoms with E-state index in [1.807, 2.05) is 6.92 Å². The van der Waals surface area contributed by atoms with Gasteiger partial charge in [-0.05, 0) is 38.5 Å². The zero-order valence-corrected chi connectivity index (χ0v) is 13.5. The monoisotopic (exact) mass is 278 g/mol. The van der Waals surface area contributed by atoms with Crippen molar-refractivity contribution in [2.24, 2.45) is 5.92 Å². The van der Waals surface area contributed by atoms with Crippen LogP contribution in [0.15, 0.2) is 0 Å². The van der Waals surface area contributed by atoms with Crippen LogP contribution in [-0.2, 0) is 12.8 Å². The summed E-state index contributed by atoms with van der Waals surface area (Å²) in [6.07, 6.45) is 7.94. The van der Waals surface area contributed by atoms with Crippen LogP contribution in [0.4, 0.5) is 0 Å². The summed E-state index contributed by atoms with van der Waals surface area (Å²) in [4.78, 5) is 0. The number of aliphatic hydroxyl groups is 1. The van der Waals surface area contributed by atoms with Crippen LogP contribution in [0, 0.1) is 5.92 Å². The van der Waals surface area contributed by atoms with E-state index in [2.05, 4.69) is 25.5 Å². The predicted molar refractivity (Wildman–Crippen MR) is 82.9 cm³/mol. The van der Waals surface area contributed by atoms with E-state index in [1.165, 1.54) is 37.8 Å². The maximum absolute atomic E-state index is 10.1. The molecule has 1 saturated carbocycles. The molecule has 0 radical (unpaired) electrons. The van der Waals surface area contributed by atoms with Crippen molar-refractivity contribution in [2.75, 3.05) is 0 Å². The second-order valence-corrected chi connectivity index (χ2v) is 6.23. The Morgan fingerprint density at radius 1 is 1.25 bits per heavy atom. The highest BCUT2D eigenvalue weighted by Crippen LogP contribution is 2.36. The molecule has 2 rings (SSSR count). The van der Waals surface area contributed by atoms with Crippen LogP contribution in [0.5, 0.6) is 0 Å². The molecule has 0 bridgehead atoms. The summed E-state index contributed by atoms with van der Waals surface area (Å²) in [5, 5.41) is 15.0. The zero-order valence-electron chi connectivity index (χ0n) is 13.5. The van der Waals surface area contributed by atoms with Crippen molar-refractivity contribution in [3.05, 3.63) is 17.0 Å². The number of hydrogen-bond donors (Lipinski definition) is 1. The van der Waals surface area contributed by atoms with Gasteiger partial charge in [-0.1, -0.05) is 40.0 Å². The Hall–Kier alpha value is -0.830. The number of hydrogen-bond acceptors (Lipinski definition) is 2. The van der Waals surface area contributed by atoms with Gasteiger partial charge in [0, 0.05) is 11.3 Å². The molecule has 3 nitrogen and oxygen atoms in total. The van der Waals surface area contributed by atoms with Crippen LogP contribution in [0.3, 0.4) is 0 Å². The Morgan fingerprint density at radius 3 is 2.55 bits per heavy atom. The lowest BCUT2D eigenvalue weighted by molar-refractivity contribution is 0.196. The third-order valence-electron chi connectivity index (χ3n) is 4.89. The van der Waals surface area contributed by atoms with Crippen molar-refractivity contribution in [1.82, 2.24) is 9.78 Å². The van der Waals surface area contributed by atoms with Crippen molar-refractivity contribution in [1.29, 1.82) is 0 Å². The van der Waals surface area contributed by atoms with E-state index in [0.29, 0.717) is 6.04 Å². The van der Waals surface area contributed by atoms with Crippen LogP contribution >= 0.6 is 0 Å². The van der Waals surface area contributed by atoms with E-state index >= 15 is 0 Å². The summed E-state index contributed by atoms with van der Waals surface area (Å²) in [5.74, 6) is 0.850. The van der Waals surface area contributed by atoms with Gasteiger partial charge in [-0.25, -0.2) is 0 Å². The third-order valence-corrected chi connectivity index (χ3v) is 4.89. The van der Waals surface area contributed by atoms with E-state index in [9.17, 15) is 5.11 Å². The molecule has 0 amide bonds. The van der Waals surface area contributed by atoms with Gasteiger partial charge in [0.1, 0.15) is 0 Å². The van der Waals surface area contributed by atoms with E-state index in [-0.39, 0.29) is 0 Å². The number of aliphatic hydroxyl groups excluding tert-OH is 1. The van der Waals surface area contributed by atoms with Crippen molar-refractivity contribution < 1.29 is 5.11 Å². The Kier molecular flexibility index (Phi) is 5.25. The third kappa shape index (κ3) is 2.93. The SMILES string of the molecule is CCc1nn(C2CCCC(CC)C2)c(CC)c1C(C)O. The highest BCUT2D eigenvalue weighted by atomic mass is 16.3. The first kappa shape index (κ1) is 15.6. The van der Waals surface area contributed by atoms with Crippen LogP contribution in [0.2, 0.25) is 0 Å². The normalized spacial score (nSPS) is 24.9. The quantitative estimate of drug-likeness (QED) is 0.876. The molecule has 0 aliphatic heterocycles. The van der Waals surface area contributed by atoms with Gasteiger partial charge in [0.05, 0.1) is 17.8 Å². The van der Waals surface area contributed by atoms with E-state index in [0.717, 1.165) is 30.0 Å². The smallest absolute Gasteiger partial charge is 0.0798 e. The minimum Gasteiger partial charge on any atom is -0.389 e. The zero-order chi connectivity index (χ0) is 14.7. The summed E-state index contributed by atoms with van der Waals surface area (Å²) in [6, 6.07) is 0.543. The van der Waals surface area contributed by atoms with Gasteiger partial charge in [-0.15, -0.1) is 0 Å². The molecule has 1 aromatic heterocycles. The molecule has 0 spiro atoms. The number of rotatable bonds is 5. The standard InChI is InChI=1S/C17H30N2O/c1-5-13-9-8-10-14(11-13)19-16(7-3)17(12(4)20)15(6-2)18-19/h12-14,20H,5-11H2,1-4H3. The highest BCUT2D eigenvalue weighted by molar-refractivity contribution is 5.29. The van der Waals surface area contributed by atoms with Gasteiger partial charge in [0.25, 0.3) is 0 Å². The lowest BCUT2D eigenvalue weighted by atomic mass is 9.84. The second-order valence-electron chi connectivity index (χ2n) is 6.23. The lowest BCUT2D eigenvalue weighted by Crippen LogP contribution is -2.21.